The van der Waals surface area contributed by atoms with Crippen LogP contribution in [0.5, 0.6) is 0 Å². The minimum absolute atomic E-state index is 0.0238. The SMILES string of the molecule is Cc1cc(-c2cc3nc(-n4ccc(-c5ccccc5)n4)cc(N4CCOCC4)n3n2)nn1COC(=O)[C@H](C)N. The average Bonchev–Trinajstić information content (AvgIpc) is 3.70. The number of ether oxygens (including phenoxy) is 2. The number of esters is 1. The van der Waals surface area contributed by atoms with Gasteiger partial charge in [-0.2, -0.15) is 19.8 Å². The minimum atomic E-state index is -0.698. The van der Waals surface area contributed by atoms with Gasteiger partial charge in [-0.3, -0.25) is 4.79 Å². The third-order valence-corrected chi connectivity index (χ3v) is 6.57. The third kappa shape index (κ3) is 4.99. The van der Waals surface area contributed by atoms with Crippen molar-refractivity contribution in [1.82, 2.24) is 34.2 Å². The fourth-order valence-electron chi connectivity index (χ4n) is 4.44. The molecule has 5 heterocycles. The van der Waals surface area contributed by atoms with Gasteiger partial charge in [0, 0.05) is 42.7 Å². The van der Waals surface area contributed by atoms with Gasteiger partial charge in [0.05, 0.1) is 18.9 Å². The highest BCUT2D eigenvalue weighted by Crippen LogP contribution is 2.26. The zero-order valence-corrected chi connectivity index (χ0v) is 21.8. The molecule has 12 heteroatoms. The summed E-state index contributed by atoms with van der Waals surface area (Å²) >= 11 is 0. The number of hydrogen-bond donors (Lipinski definition) is 1. The maximum atomic E-state index is 11.8. The fourth-order valence-corrected chi connectivity index (χ4v) is 4.44. The van der Waals surface area contributed by atoms with Gasteiger partial charge >= 0.3 is 5.97 Å². The lowest BCUT2D eigenvalue weighted by molar-refractivity contribution is -0.149. The van der Waals surface area contributed by atoms with Gasteiger partial charge in [0.1, 0.15) is 23.2 Å². The molecule has 1 aliphatic rings. The molecule has 0 aliphatic carbocycles. The van der Waals surface area contributed by atoms with Crippen molar-refractivity contribution in [3.63, 3.8) is 0 Å². The first kappa shape index (κ1) is 24.8. The number of hydrogen-bond acceptors (Lipinski definition) is 9. The van der Waals surface area contributed by atoms with Crippen LogP contribution in [0.15, 0.2) is 60.8 Å². The number of fused-ring (bicyclic) bond motifs is 1. The van der Waals surface area contributed by atoms with Crippen molar-refractivity contribution >= 4 is 17.4 Å². The fraction of sp³-hybridized carbons (Fsp3) is 0.296. The highest BCUT2D eigenvalue weighted by atomic mass is 16.5. The molecule has 0 amide bonds. The standard InChI is InChI=1S/C27H29N9O3/c1-18-14-22(31-35(18)17-39-27(37)19(2)28)23-15-25-29-24(16-26(36(25)32-23)33-10-12-38-13-11-33)34-9-8-21(30-34)20-6-4-3-5-7-20/h3-9,14-16,19H,10-13,17,28H2,1-2H3/t19-/m0/s1. The topological polar surface area (TPSA) is 131 Å². The Hall–Kier alpha value is -4.55. The summed E-state index contributed by atoms with van der Waals surface area (Å²) in [6.45, 7) is 6.20. The predicted molar refractivity (Wildman–Crippen MR) is 144 cm³/mol. The van der Waals surface area contributed by atoms with E-state index < -0.39 is 12.0 Å². The first-order valence-corrected chi connectivity index (χ1v) is 12.8. The van der Waals surface area contributed by atoms with Crippen LogP contribution in [-0.4, -0.2) is 72.5 Å². The number of morpholine rings is 1. The Labute approximate surface area is 224 Å². The molecule has 4 aromatic heterocycles. The molecule has 200 valence electrons. The highest BCUT2D eigenvalue weighted by molar-refractivity contribution is 5.74. The molecule has 0 bridgehead atoms. The molecule has 1 atom stereocenters. The second-order valence-electron chi connectivity index (χ2n) is 9.43. The molecular weight excluding hydrogens is 498 g/mol. The van der Waals surface area contributed by atoms with Crippen LogP contribution in [0.2, 0.25) is 0 Å². The molecule has 0 spiro atoms. The molecule has 1 fully saturated rings. The summed E-state index contributed by atoms with van der Waals surface area (Å²) in [4.78, 5) is 18.9. The smallest absolute Gasteiger partial charge is 0.324 e. The number of nitrogens with two attached hydrogens (primary N) is 1. The number of carbonyl (C=O) groups is 1. The molecule has 39 heavy (non-hydrogen) atoms. The van der Waals surface area contributed by atoms with Gasteiger partial charge in [-0.1, -0.05) is 30.3 Å². The van der Waals surface area contributed by atoms with E-state index in [1.807, 2.05) is 72.2 Å². The Kier molecular flexibility index (Phi) is 6.55. The van der Waals surface area contributed by atoms with Gasteiger partial charge in [0.15, 0.2) is 18.2 Å². The zero-order valence-electron chi connectivity index (χ0n) is 21.8. The minimum Gasteiger partial charge on any atom is -0.441 e. The first-order valence-electron chi connectivity index (χ1n) is 12.8. The monoisotopic (exact) mass is 527 g/mol. The van der Waals surface area contributed by atoms with Gasteiger partial charge in [0.25, 0.3) is 0 Å². The Morgan fingerprint density at radius 2 is 1.79 bits per heavy atom. The van der Waals surface area contributed by atoms with Crippen LogP contribution in [0, 0.1) is 6.92 Å². The summed E-state index contributed by atoms with van der Waals surface area (Å²) in [5.74, 6) is 1.09. The Morgan fingerprint density at radius 1 is 1.03 bits per heavy atom. The van der Waals surface area contributed by atoms with Crippen molar-refractivity contribution in [2.45, 2.75) is 26.6 Å². The van der Waals surface area contributed by atoms with Crippen LogP contribution in [0.3, 0.4) is 0 Å². The second kappa shape index (κ2) is 10.3. The molecule has 0 saturated carbocycles. The molecule has 0 radical (unpaired) electrons. The molecule has 0 unspecified atom stereocenters. The molecule has 1 aromatic carbocycles. The third-order valence-electron chi connectivity index (χ3n) is 6.57. The zero-order chi connectivity index (χ0) is 26.9. The number of carbonyl (C=O) groups excluding carboxylic acids is 1. The van der Waals surface area contributed by atoms with E-state index in [2.05, 4.69) is 10.00 Å². The van der Waals surface area contributed by atoms with Crippen LogP contribution in [0.25, 0.3) is 34.1 Å². The summed E-state index contributed by atoms with van der Waals surface area (Å²) in [6.07, 6.45) is 1.91. The first-order chi connectivity index (χ1) is 19.0. The summed E-state index contributed by atoms with van der Waals surface area (Å²) in [5, 5.41) is 14.3. The Morgan fingerprint density at radius 3 is 2.56 bits per heavy atom. The van der Waals surface area contributed by atoms with Crippen molar-refractivity contribution < 1.29 is 14.3 Å². The second-order valence-corrected chi connectivity index (χ2v) is 9.43. The quantitative estimate of drug-likeness (QED) is 0.317. The van der Waals surface area contributed by atoms with Gasteiger partial charge in [-0.25, -0.2) is 14.3 Å². The van der Waals surface area contributed by atoms with E-state index >= 15 is 0 Å². The molecule has 5 aromatic rings. The maximum Gasteiger partial charge on any atom is 0.324 e. The van der Waals surface area contributed by atoms with E-state index in [1.165, 1.54) is 0 Å². The van der Waals surface area contributed by atoms with Crippen LogP contribution in [0.1, 0.15) is 12.6 Å². The largest absolute Gasteiger partial charge is 0.441 e. The van der Waals surface area contributed by atoms with Crippen LogP contribution in [0.4, 0.5) is 5.82 Å². The van der Waals surface area contributed by atoms with E-state index in [9.17, 15) is 4.79 Å². The molecule has 12 nitrogen and oxygen atoms in total. The van der Waals surface area contributed by atoms with Crippen molar-refractivity contribution in [2.75, 3.05) is 31.2 Å². The molecule has 1 saturated heterocycles. The number of rotatable bonds is 7. The number of nitrogens with zero attached hydrogens (tertiary/aromatic N) is 8. The summed E-state index contributed by atoms with van der Waals surface area (Å²) in [5.41, 5.74) is 10.3. The highest BCUT2D eigenvalue weighted by Gasteiger charge is 2.21. The average molecular weight is 528 g/mol. The van der Waals surface area contributed by atoms with Gasteiger partial charge < -0.3 is 20.1 Å². The van der Waals surface area contributed by atoms with Crippen molar-refractivity contribution in [2.24, 2.45) is 5.73 Å². The maximum absolute atomic E-state index is 11.8. The lowest BCUT2D eigenvalue weighted by Crippen LogP contribution is -2.37. The number of aryl methyl sites for hydroxylation is 1. The molecule has 2 N–H and O–H groups in total. The van der Waals surface area contributed by atoms with Gasteiger partial charge in [0.2, 0.25) is 0 Å². The molecular formula is C27H29N9O3. The normalized spacial score (nSPS) is 14.6. The van der Waals surface area contributed by atoms with Crippen molar-refractivity contribution in [3.8, 4) is 28.5 Å². The Bertz CT molecular complexity index is 1610. The number of anilines is 1. The van der Waals surface area contributed by atoms with Crippen molar-refractivity contribution in [1.29, 1.82) is 0 Å². The summed E-state index contributed by atoms with van der Waals surface area (Å²) in [7, 11) is 0. The van der Waals surface area contributed by atoms with Crippen LogP contribution >= 0.6 is 0 Å². The van der Waals surface area contributed by atoms with Gasteiger partial charge in [-0.15, -0.1) is 0 Å². The lowest BCUT2D eigenvalue weighted by Gasteiger charge is -2.29. The lowest BCUT2D eigenvalue weighted by atomic mass is 10.2. The van der Waals surface area contributed by atoms with Crippen LogP contribution in [-0.2, 0) is 21.0 Å². The number of benzene rings is 1. The van der Waals surface area contributed by atoms with Crippen LogP contribution < -0.4 is 10.6 Å². The van der Waals surface area contributed by atoms with Gasteiger partial charge in [-0.05, 0) is 26.0 Å². The number of aromatic nitrogens is 7. The molecule has 1 aliphatic heterocycles. The Balaban J connectivity index is 1.38. The van der Waals surface area contributed by atoms with E-state index in [0.29, 0.717) is 36.1 Å². The van der Waals surface area contributed by atoms with E-state index in [1.54, 1.807) is 16.3 Å². The van der Waals surface area contributed by atoms with E-state index in [0.717, 1.165) is 35.9 Å². The van der Waals surface area contributed by atoms with Crippen molar-refractivity contribution in [3.05, 3.63) is 66.5 Å². The van der Waals surface area contributed by atoms with E-state index in [4.69, 9.17) is 30.4 Å². The summed E-state index contributed by atoms with van der Waals surface area (Å²) in [6, 6.07) is 17.1. The van der Waals surface area contributed by atoms with E-state index in [-0.39, 0.29) is 6.73 Å². The predicted octanol–water partition coefficient (Wildman–Crippen LogP) is 2.44. The molecule has 6 rings (SSSR count). The summed E-state index contributed by atoms with van der Waals surface area (Å²) < 4.78 is 16.0.